The van der Waals surface area contributed by atoms with Crippen molar-refractivity contribution in [1.29, 1.82) is 0 Å². The van der Waals surface area contributed by atoms with Gasteiger partial charge in [0.25, 0.3) is 0 Å². The van der Waals surface area contributed by atoms with Gasteiger partial charge in [0, 0.05) is 6.54 Å². The summed E-state index contributed by atoms with van der Waals surface area (Å²) in [5.41, 5.74) is 1.11. The van der Waals surface area contributed by atoms with Crippen LogP contribution in [-0.4, -0.2) is 26.3 Å². The van der Waals surface area contributed by atoms with E-state index < -0.39 is 0 Å². The predicted octanol–water partition coefficient (Wildman–Crippen LogP) is 1.97. The second-order valence-corrected chi connectivity index (χ2v) is 4.04. The third-order valence-corrected chi connectivity index (χ3v) is 2.35. The maximum absolute atomic E-state index is 5.55. The van der Waals surface area contributed by atoms with Gasteiger partial charge >= 0.3 is 0 Å². The van der Waals surface area contributed by atoms with Gasteiger partial charge in [-0.15, -0.1) is 0 Å². The molecule has 1 N–H and O–H groups in total. The number of hydrogen-bond acceptors (Lipinski definition) is 2. The zero-order valence-corrected chi connectivity index (χ0v) is 8.64. The van der Waals surface area contributed by atoms with Crippen LogP contribution in [0, 0.1) is 5.92 Å². The van der Waals surface area contributed by atoms with Crippen molar-refractivity contribution in [1.82, 2.24) is 5.32 Å². The molecule has 0 amide bonds. The molecule has 0 aliphatic carbocycles. The summed E-state index contributed by atoms with van der Waals surface area (Å²) in [6.45, 7) is 9.73. The molecule has 76 valence electrons. The summed E-state index contributed by atoms with van der Waals surface area (Å²) in [6, 6.07) is 0. The monoisotopic (exact) mass is 183 g/mol. The van der Waals surface area contributed by atoms with E-state index in [1.807, 2.05) is 6.92 Å². The molecule has 0 saturated carbocycles. The van der Waals surface area contributed by atoms with E-state index in [1.54, 1.807) is 0 Å². The first-order chi connectivity index (χ1) is 6.29. The summed E-state index contributed by atoms with van der Waals surface area (Å²) in [5, 5.41) is 3.43. The van der Waals surface area contributed by atoms with Gasteiger partial charge in [0.05, 0.1) is 13.2 Å². The van der Waals surface area contributed by atoms with Gasteiger partial charge in [0.15, 0.2) is 0 Å². The Morgan fingerprint density at radius 1 is 1.54 bits per heavy atom. The van der Waals surface area contributed by atoms with Crippen LogP contribution in [0.25, 0.3) is 0 Å². The summed E-state index contributed by atoms with van der Waals surface area (Å²) in [4.78, 5) is 0. The number of rotatable bonds is 4. The average Bonchev–Trinajstić information content (AvgIpc) is 2.32. The van der Waals surface area contributed by atoms with E-state index in [4.69, 9.17) is 4.74 Å². The van der Waals surface area contributed by atoms with E-state index >= 15 is 0 Å². The highest BCUT2D eigenvalue weighted by molar-refractivity contribution is 4.87. The van der Waals surface area contributed by atoms with E-state index in [0.717, 1.165) is 25.3 Å². The summed E-state index contributed by atoms with van der Waals surface area (Å²) >= 11 is 0. The molecule has 1 saturated heterocycles. The van der Waals surface area contributed by atoms with E-state index in [-0.39, 0.29) is 0 Å². The second-order valence-electron chi connectivity index (χ2n) is 4.04. The summed E-state index contributed by atoms with van der Waals surface area (Å²) in [6.07, 6.45) is 3.97. The minimum Gasteiger partial charge on any atom is -0.377 e. The molecule has 1 unspecified atom stereocenters. The topological polar surface area (TPSA) is 21.3 Å². The normalized spacial score (nSPS) is 23.9. The van der Waals surface area contributed by atoms with Crippen molar-refractivity contribution in [3.8, 4) is 0 Å². The molecular formula is C11H21NO. The van der Waals surface area contributed by atoms with Crippen LogP contribution in [0.5, 0.6) is 0 Å². The van der Waals surface area contributed by atoms with Crippen LogP contribution in [0.15, 0.2) is 12.2 Å². The van der Waals surface area contributed by atoms with Crippen molar-refractivity contribution in [3.63, 3.8) is 0 Å². The molecule has 0 bridgehead atoms. The molecule has 13 heavy (non-hydrogen) atoms. The maximum Gasteiger partial charge on any atom is 0.0671 e. The third kappa shape index (κ3) is 5.06. The first-order valence-corrected chi connectivity index (χ1v) is 5.22. The smallest absolute Gasteiger partial charge is 0.0671 e. The Morgan fingerprint density at radius 2 is 2.38 bits per heavy atom. The minimum absolute atomic E-state index is 0.710. The fourth-order valence-electron chi connectivity index (χ4n) is 1.63. The Labute approximate surface area is 81.4 Å². The van der Waals surface area contributed by atoms with Crippen molar-refractivity contribution in [2.45, 2.75) is 26.2 Å². The lowest BCUT2D eigenvalue weighted by Gasteiger charge is -2.14. The molecule has 0 spiro atoms. The molecular weight excluding hydrogens is 162 g/mol. The molecule has 0 aromatic heterocycles. The maximum atomic E-state index is 5.55. The molecule has 1 aliphatic heterocycles. The van der Waals surface area contributed by atoms with Crippen molar-refractivity contribution >= 4 is 0 Å². The fourth-order valence-corrected chi connectivity index (χ4v) is 1.63. The largest absolute Gasteiger partial charge is 0.377 e. The predicted molar refractivity (Wildman–Crippen MR) is 55.8 cm³/mol. The summed E-state index contributed by atoms with van der Waals surface area (Å²) < 4.78 is 5.55. The molecule has 1 atom stereocenters. The van der Waals surface area contributed by atoms with Gasteiger partial charge in [-0.05, 0) is 32.2 Å². The van der Waals surface area contributed by atoms with E-state index in [2.05, 4.69) is 11.9 Å². The Balaban J connectivity index is 2.08. The van der Waals surface area contributed by atoms with Gasteiger partial charge in [0.1, 0.15) is 0 Å². The molecule has 0 aromatic carbocycles. The molecule has 1 heterocycles. The first kappa shape index (κ1) is 10.7. The lowest BCUT2D eigenvalue weighted by atomic mass is 10.1. The molecule has 2 nitrogen and oxygen atoms in total. The van der Waals surface area contributed by atoms with Gasteiger partial charge in [0.2, 0.25) is 0 Å². The minimum atomic E-state index is 0.710. The first-order valence-electron chi connectivity index (χ1n) is 5.22. The van der Waals surface area contributed by atoms with E-state index in [1.165, 1.54) is 25.8 Å². The van der Waals surface area contributed by atoms with E-state index in [9.17, 15) is 0 Å². The Hall–Kier alpha value is -0.340. The Morgan fingerprint density at radius 3 is 3.15 bits per heavy atom. The summed E-state index contributed by atoms with van der Waals surface area (Å²) in [5.74, 6) is 0.710. The molecule has 1 aliphatic rings. The Bertz CT molecular complexity index is 148. The van der Waals surface area contributed by atoms with E-state index in [0.29, 0.717) is 5.92 Å². The molecule has 2 heteroatoms. The van der Waals surface area contributed by atoms with Crippen molar-refractivity contribution in [2.75, 3.05) is 26.3 Å². The lowest BCUT2D eigenvalue weighted by molar-refractivity contribution is 0.115. The zero-order valence-electron chi connectivity index (χ0n) is 8.64. The van der Waals surface area contributed by atoms with Crippen LogP contribution in [0.1, 0.15) is 26.2 Å². The number of nitrogens with one attached hydrogen (secondary N) is 1. The van der Waals surface area contributed by atoms with Crippen molar-refractivity contribution in [3.05, 3.63) is 12.2 Å². The van der Waals surface area contributed by atoms with Gasteiger partial charge in [-0.3, -0.25) is 0 Å². The fraction of sp³-hybridized carbons (Fsp3) is 0.818. The molecule has 1 rings (SSSR count). The third-order valence-electron chi connectivity index (χ3n) is 2.35. The van der Waals surface area contributed by atoms with Crippen LogP contribution in [0.4, 0.5) is 0 Å². The van der Waals surface area contributed by atoms with Crippen LogP contribution in [0.3, 0.4) is 0 Å². The van der Waals surface area contributed by atoms with Crippen LogP contribution >= 0.6 is 0 Å². The highest BCUT2D eigenvalue weighted by atomic mass is 16.5. The standard InChI is InChI=1S/C11H21NO/c1-10(2)8-13-9-11-5-3-4-6-12-7-11/h11-12H,1,3-9H2,2H3. The van der Waals surface area contributed by atoms with Gasteiger partial charge in [-0.25, -0.2) is 0 Å². The number of ether oxygens (including phenoxy) is 1. The molecule has 1 fully saturated rings. The van der Waals surface area contributed by atoms with Gasteiger partial charge in [-0.1, -0.05) is 18.6 Å². The van der Waals surface area contributed by atoms with Crippen LogP contribution in [-0.2, 0) is 4.74 Å². The summed E-state index contributed by atoms with van der Waals surface area (Å²) in [7, 11) is 0. The zero-order chi connectivity index (χ0) is 9.52. The van der Waals surface area contributed by atoms with Gasteiger partial charge < -0.3 is 10.1 Å². The van der Waals surface area contributed by atoms with Crippen LogP contribution < -0.4 is 5.32 Å². The van der Waals surface area contributed by atoms with Crippen LogP contribution in [0.2, 0.25) is 0 Å². The van der Waals surface area contributed by atoms with Gasteiger partial charge in [-0.2, -0.15) is 0 Å². The van der Waals surface area contributed by atoms with Crippen molar-refractivity contribution in [2.24, 2.45) is 5.92 Å². The number of hydrogen-bond donors (Lipinski definition) is 1. The highest BCUT2D eigenvalue weighted by Gasteiger charge is 2.11. The lowest BCUT2D eigenvalue weighted by Crippen LogP contribution is -2.24. The highest BCUT2D eigenvalue weighted by Crippen LogP contribution is 2.11. The second kappa shape index (κ2) is 6.17. The average molecular weight is 183 g/mol. The molecule has 0 radical (unpaired) electrons. The quantitative estimate of drug-likeness (QED) is 0.673. The SMILES string of the molecule is C=C(C)COCC1CCCCNC1. The van der Waals surface area contributed by atoms with Crippen molar-refractivity contribution < 1.29 is 4.74 Å². The molecule has 0 aromatic rings. The Kier molecular flexibility index (Phi) is 5.09.